The molecular formula is C27H21Cl3N2O4. The molecule has 0 unspecified atom stereocenters. The first kappa shape index (κ1) is 24.8. The second kappa shape index (κ2) is 9.52. The number of carbonyl (C=O) groups is 3. The number of hydrogen-bond donors (Lipinski definition) is 1. The van der Waals surface area contributed by atoms with E-state index in [1.165, 1.54) is 12.0 Å². The highest BCUT2D eigenvalue weighted by atomic mass is 35.5. The number of likely N-dealkylation sites (tertiary alicyclic amines) is 1. The number of esters is 1. The van der Waals surface area contributed by atoms with Crippen LogP contribution in [0.5, 0.6) is 0 Å². The van der Waals surface area contributed by atoms with E-state index in [-0.39, 0.29) is 6.54 Å². The predicted octanol–water partition coefficient (Wildman–Crippen LogP) is 4.84. The average molecular weight is 544 g/mol. The molecular weight excluding hydrogens is 523 g/mol. The summed E-state index contributed by atoms with van der Waals surface area (Å²) in [6.07, 6.45) is 0. The first-order chi connectivity index (χ1) is 17.3. The van der Waals surface area contributed by atoms with Gasteiger partial charge in [0.05, 0.1) is 31.0 Å². The number of hydrogen-bond acceptors (Lipinski definition) is 5. The van der Waals surface area contributed by atoms with Crippen molar-refractivity contribution in [3.63, 3.8) is 0 Å². The van der Waals surface area contributed by atoms with Gasteiger partial charge in [-0.3, -0.25) is 24.6 Å². The van der Waals surface area contributed by atoms with Gasteiger partial charge in [0.15, 0.2) is 0 Å². The molecule has 2 saturated heterocycles. The first-order valence-electron chi connectivity index (χ1n) is 11.2. The fourth-order valence-electron chi connectivity index (χ4n) is 5.39. The number of benzene rings is 3. The number of imide groups is 1. The Morgan fingerprint density at radius 3 is 2.00 bits per heavy atom. The molecule has 3 aromatic carbocycles. The summed E-state index contributed by atoms with van der Waals surface area (Å²) in [4.78, 5) is 42.0. The lowest BCUT2D eigenvalue weighted by atomic mass is 9.71. The molecule has 0 spiro atoms. The molecule has 3 aromatic rings. The van der Waals surface area contributed by atoms with E-state index in [0.29, 0.717) is 26.2 Å². The van der Waals surface area contributed by atoms with E-state index in [0.717, 1.165) is 5.56 Å². The van der Waals surface area contributed by atoms with Crippen LogP contribution in [0.1, 0.15) is 16.7 Å². The minimum absolute atomic E-state index is 0.0525. The summed E-state index contributed by atoms with van der Waals surface area (Å²) >= 11 is 18.7. The monoisotopic (exact) mass is 542 g/mol. The van der Waals surface area contributed by atoms with E-state index >= 15 is 0 Å². The van der Waals surface area contributed by atoms with Gasteiger partial charge >= 0.3 is 5.97 Å². The van der Waals surface area contributed by atoms with Crippen molar-refractivity contribution < 1.29 is 19.1 Å². The minimum Gasteiger partial charge on any atom is -0.468 e. The van der Waals surface area contributed by atoms with Gasteiger partial charge in [0.1, 0.15) is 6.04 Å². The van der Waals surface area contributed by atoms with Gasteiger partial charge in [-0.15, -0.1) is 0 Å². The maximum atomic E-state index is 14.1. The van der Waals surface area contributed by atoms with Gasteiger partial charge in [-0.1, -0.05) is 71.2 Å². The molecule has 0 aromatic heterocycles. The van der Waals surface area contributed by atoms with Crippen molar-refractivity contribution in [3.8, 4) is 0 Å². The number of nitrogens with one attached hydrogen (secondary N) is 1. The number of nitrogens with zero attached hydrogens (tertiary/aromatic N) is 1. The third kappa shape index (κ3) is 3.98. The van der Waals surface area contributed by atoms with Crippen LogP contribution in [0, 0.1) is 11.8 Å². The number of halogens is 3. The molecule has 2 heterocycles. The van der Waals surface area contributed by atoms with E-state index in [1.807, 2.05) is 12.1 Å². The summed E-state index contributed by atoms with van der Waals surface area (Å²) in [7, 11) is 1.25. The normalized spacial score (nSPS) is 22.6. The highest BCUT2D eigenvalue weighted by Crippen LogP contribution is 2.52. The molecule has 6 nitrogen and oxygen atoms in total. The standard InChI is InChI=1S/C27H21Cl3N2O4/c1-36-26(35)23-21-22(25(34)32(24(21)33)14-15-8-10-18(28)11-9-15)27(31-23,16-4-2-6-19(29)12-16)17-5-3-7-20(30)13-17/h2-13,21-23,31H,14H2,1H3/t21-,22-,23+/m0/s1. The van der Waals surface area contributed by atoms with Gasteiger partial charge in [0.25, 0.3) is 0 Å². The summed E-state index contributed by atoms with van der Waals surface area (Å²) in [6.45, 7) is 0.0525. The number of amides is 2. The van der Waals surface area contributed by atoms with Gasteiger partial charge in [0, 0.05) is 15.1 Å². The molecule has 184 valence electrons. The summed E-state index contributed by atoms with van der Waals surface area (Å²) < 4.78 is 5.05. The van der Waals surface area contributed by atoms with Crippen molar-refractivity contribution in [1.82, 2.24) is 10.2 Å². The molecule has 36 heavy (non-hydrogen) atoms. The van der Waals surface area contributed by atoms with Crippen molar-refractivity contribution in [2.24, 2.45) is 11.8 Å². The summed E-state index contributed by atoms with van der Waals surface area (Å²) in [5.41, 5.74) is 0.738. The van der Waals surface area contributed by atoms with E-state index < -0.39 is 41.2 Å². The zero-order valence-corrected chi connectivity index (χ0v) is 21.3. The van der Waals surface area contributed by atoms with Crippen LogP contribution in [-0.4, -0.2) is 35.8 Å². The van der Waals surface area contributed by atoms with Gasteiger partial charge in [-0.05, 0) is 53.1 Å². The number of rotatable bonds is 5. The Labute approximate surface area is 223 Å². The lowest BCUT2D eigenvalue weighted by Crippen LogP contribution is -2.51. The molecule has 2 aliphatic rings. The van der Waals surface area contributed by atoms with Crippen molar-refractivity contribution in [2.75, 3.05) is 7.11 Å². The van der Waals surface area contributed by atoms with Crippen LogP contribution in [0.3, 0.4) is 0 Å². The highest BCUT2D eigenvalue weighted by Gasteiger charge is 2.68. The largest absolute Gasteiger partial charge is 0.468 e. The Balaban J connectivity index is 1.70. The fourth-order valence-corrected chi connectivity index (χ4v) is 5.89. The summed E-state index contributed by atoms with van der Waals surface area (Å²) in [5.74, 6) is -3.42. The quantitative estimate of drug-likeness (QED) is 0.368. The number of ether oxygens (including phenoxy) is 1. The summed E-state index contributed by atoms with van der Waals surface area (Å²) in [6, 6.07) is 19.9. The molecule has 2 fully saturated rings. The SMILES string of the molecule is COC(=O)[C@@H]1NC(c2cccc(Cl)c2)(c2cccc(Cl)c2)[C@@H]2C(=O)N(Cc3ccc(Cl)cc3)C(=O)[C@@H]21. The molecule has 0 radical (unpaired) electrons. The lowest BCUT2D eigenvalue weighted by Gasteiger charge is -2.36. The van der Waals surface area contributed by atoms with Crippen molar-refractivity contribution >= 4 is 52.6 Å². The highest BCUT2D eigenvalue weighted by molar-refractivity contribution is 6.31. The Morgan fingerprint density at radius 1 is 0.889 bits per heavy atom. The topological polar surface area (TPSA) is 75.7 Å². The Morgan fingerprint density at radius 2 is 1.47 bits per heavy atom. The van der Waals surface area contributed by atoms with E-state index in [1.54, 1.807) is 60.7 Å². The van der Waals surface area contributed by atoms with Crippen LogP contribution in [0.4, 0.5) is 0 Å². The van der Waals surface area contributed by atoms with Gasteiger partial charge in [0.2, 0.25) is 11.8 Å². The van der Waals surface area contributed by atoms with Gasteiger partial charge in [-0.2, -0.15) is 0 Å². The number of carbonyl (C=O) groups excluding carboxylic acids is 3. The van der Waals surface area contributed by atoms with E-state index in [2.05, 4.69) is 5.32 Å². The molecule has 0 aliphatic carbocycles. The fraction of sp³-hybridized carbons (Fsp3) is 0.222. The molecule has 0 bridgehead atoms. The van der Waals surface area contributed by atoms with Crippen molar-refractivity contribution in [2.45, 2.75) is 18.1 Å². The number of methoxy groups -OCH3 is 1. The van der Waals surface area contributed by atoms with Gasteiger partial charge in [-0.25, -0.2) is 0 Å². The second-order valence-corrected chi connectivity index (χ2v) is 10.2. The van der Waals surface area contributed by atoms with E-state index in [4.69, 9.17) is 39.5 Å². The average Bonchev–Trinajstić information content (AvgIpc) is 3.35. The van der Waals surface area contributed by atoms with Crippen LogP contribution in [0.25, 0.3) is 0 Å². The maximum Gasteiger partial charge on any atom is 0.323 e. The molecule has 2 amide bonds. The van der Waals surface area contributed by atoms with Crippen LogP contribution < -0.4 is 5.32 Å². The smallest absolute Gasteiger partial charge is 0.323 e. The Kier molecular flexibility index (Phi) is 6.55. The zero-order valence-electron chi connectivity index (χ0n) is 19.1. The lowest BCUT2D eigenvalue weighted by molar-refractivity contribution is -0.148. The van der Waals surface area contributed by atoms with E-state index in [9.17, 15) is 14.4 Å². The van der Waals surface area contributed by atoms with Gasteiger partial charge < -0.3 is 4.74 Å². The Hall–Kier alpha value is -2.90. The van der Waals surface area contributed by atoms with Crippen LogP contribution in [-0.2, 0) is 31.2 Å². The molecule has 3 atom stereocenters. The third-order valence-electron chi connectivity index (χ3n) is 6.92. The molecule has 9 heteroatoms. The number of fused-ring (bicyclic) bond motifs is 1. The molecule has 0 saturated carbocycles. The molecule has 5 rings (SSSR count). The van der Waals surface area contributed by atoms with Crippen molar-refractivity contribution in [1.29, 1.82) is 0 Å². The predicted molar refractivity (Wildman–Crippen MR) is 137 cm³/mol. The second-order valence-electron chi connectivity index (χ2n) is 8.87. The zero-order chi connectivity index (χ0) is 25.6. The molecule has 2 aliphatic heterocycles. The van der Waals surface area contributed by atoms with Crippen LogP contribution in [0.15, 0.2) is 72.8 Å². The van der Waals surface area contributed by atoms with Crippen molar-refractivity contribution in [3.05, 3.63) is 105 Å². The molecule has 1 N–H and O–H groups in total. The Bertz CT molecular complexity index is 1320. The third-order valence-corrected chi connectivity index (χ3v) is 7.64. The minimum atomic E-state index is -1.26. The first-order valence-corrected chi connectivity index (χ1v) is 12.4. The maximum absolute atomic E-state index is 14.1. The van der Waals surface area contributed by atoms with Crippen LogP contribution in [0.2, 0.25) is 15.1 Å². The summed E-state index contributed by atoms with van der Waals surface area (Å²) in [5, 5.41) is 4.76. The van der Waals surface area contributed by atoms with Crippen LogP contribution >= 0.6 is 34.8 Å².